The van der Waals surface area contributed by atoms with Crippen LogP contribution < -0.4 is 0 Å². The van der Waals surface area contributed by atoms with Crippen LogP contribution in [0.15, 0.2) is 0 Å². The minimum absolute atomic E-state index is 0.0304. The summed E-state index contributed by atoms with van der Waals surface area (Å²) in [6, 6.07) is 0. The zero-order valence-corrected chi connectivity index (χ0v) is 10.6. The summed E-state index contributed by atoms with van der Waals surface area (Å²) in [5.41, 5.74) is 0. The monoisotopic (exact) mass is 310 g/mol. The molecule has 1 aliphatic carbocycles. The maximum Gasteiger partial charge on any atom is 0.201 e. The van der Waals surface area contributed by atoms with E-state index in [4.69, 9.17) is 0 Å². The lowest BCUT2D eigenvalue weighted by Crippen LogP contribution is -2.31. The van der Waals surface area contributed by atoms with Crippen LogP contribution in [0.3, 0.4) is 0 Å². The van der Waals surface area contributed by atoms with E-state index in [2.05, 4.69) is 38.8 Å². The summed E-state index contributed by atoms with van der Waals surface area (Å²) >= 11 is 5.91. The summed E-state index contributed by atoms with van der Waals surface area (Å²) in [4.78, 5) is 22.4. The Morgan fingerprint density at radius 3 is 2.08 bits per heavy atom. The molecule has 0 radical (unpaired) electrons. The van der Waals surface area contributed by atoms with E-state index in [1.165, 1.54) is 0 Å². The molecule has 1 rings (SSSR count). The van der Waals surface area contributed by atoms with Gasteiger partial charge in [-0.1, -0.05) is 6.92 Å². The molecule has 0 heterocycles. The maximum atomic E-state index is 11.2. The predicted octanol–water partition coefficient (Wildman–Crippen LogP) is 2.88. The normalized spacial score (nSPS) is 34.2. The van der Waals surface area contributed by atoms with E-state index >= 15 is 0 Å². The number of rotatable bonds is 2. The van der Waals surface area contributed by atoms with Crippen LogP contribution in [0.4, 0.5) is 0 Å². The van der Waals surface area contributed by atoms with Gasteiger partial charge in [0.1, 0.15) is 0 Å². The van der Waals surface area contributed by atoms with Gasteiger partial charge in [0.2, 0.25) is 9.39 Å². The Morgan fingerprint density at radius 1 is 1.08 bits per heavy atom. The van der Waals surface area contributed by atoms with Crippen LogP contribution in [-0.2, 0) is 9.59 Å². The molecule has 0 aromatic heterocycles. The van der Waals surface area contributed by atoms with Crippen LogP contribution in [0.25, 0.3) is 0 Å². The first-order chi connectivity index (χ1) is 6.02. The first-order valence-electron chi connectivity index (χ1n) is 4.41. The Balaban J connectivity index is 2.72. The van der Waals surface area contributed by atoms with Crippen molar-refractivity contribution in [3.05, 3.63) is 0 Å². The summed E-state index contributed by atoms with van der Waals surface area (Å²) in [5, 5.41) is 0. The maximum absolute atomic E-state index is 11.2. The Morgan fingerprint density at radius 2 is 1.62 bits per heavy atom. The second-order valence-electron chi connectivity index (χ2n) is 3.74. The fourth-order valence-electron chi connectivity index (χ4n) is 1.90. The molecule has 0 amide bonds. The predicted molar refractivity (Wildman–Crippen MR) is 57.9 cm³/mol. The van der Waals surface area contributed by atoms with Gasteiger partial charge in [-0.25, -0.2) is 0 Å². The molecule has 2 nitrogen and oxygen atoms in total. The van der Waals surface area contributed by atoms with Crippen LogP contribution in [0, 0.1) is 17.8 Å². The van der Waals surface area contributed by atoms with Gasteiger partial charge in [-0.15, -0.1) is 0 Å². The van der Waals surface area contributed by atoms with Crippen LogP contribution in [0.1, 0.15) is 26.2 Å². The molecule has 13 heavy (non-hydrogen) atoms. The first kappa shape index (κ1) is 11.4. The fraction of sp³-hybridized carbons (Fsp3) is 0.778. The zero-order valence-electron chi connectivity index (χ0n) is 7.43. The smallest absolute Gasteiger partial charge is 0.201 e. The van der Waals surface area contributed by atoms with Crippen LogP contribution in [0.5, 0.6) is 0 Å². The quantitative estimate of drug-likeness (QED) is 0.735. The van der Waals surface area contributed by atoms with Crippen molar-refractivity contribution in [2.75, 3.05) is 0 Å². The average Bonchev–Trinajstić information content (AvgIpc) is 2.03. The van der Waals surface area contributed by atoms with Gasteiger partial charge in [0.25, 0.3) is 0 Å². The van der Waals surface area contributed by atoms with Crippen molar-refractivity contribution in [3.63, 3.8) is 0 Å². The third kappa shape index (κ3) is 2.88. The lowest BCUT2D eigenvalue weighted by Gasteiger charge is -2.30. The molecule has 0 N–H and O–H groups in total. The molecular formula is C9H12Br2O2. The summed E-state index contributed by atoms with van der Waals surface area (Å²) in [7, 11) is 0. The lowest BCUT2D eigenvalue weighted by molar-refractivity contribution is -0.124. The van der Waals surface area contributed by atoms with E-state index in [9.17, 15) is 9.59 Å². The highest BCUT2D eigenvalue weighted by atomic mass is 79.9. The Bertz CT molecular complexity index is 228. The Hall–Kier alpha value is 0.300. The van der Waals surface area contributed by atoms with Crippen LogP contribution >= 0.6 is 31.9 Å². The first-order valence-corrected chi connectivity index (χ1v) is 5.99. The van der Waals surface area contributed by atoms with E-state index in [1.807, 2.05) is 0 Å². The molecule has 0 saturated heterocycles. The molecule has 0 spiro atoms. The molecule has 3 unspecified atom stereocenters. The fourth-order valence-corrected chi connectivity index (χ4v) is 2.96. The minimum Gasteiger partial charge on any atom is -0.286 e. The third-order valence-electron chi connectivity index (χ3n) is 2.70. The standard InChI is InChI=1S/C9H12Br2O2/c1-5-2-3-6(8(10)12)7(4-5)9(11)13/h5-7H,2-4H2,1H3. The average molecular weight is 312 g/mol. The zero-order chi connectivity index (χ0) is 10.0. The number of hydrogen-bond donors (Lipinski definition) is 0. The molecule has 0 bridgehead atoms. The van der Waals surface area contributed by atoms with Gasteiger partial charge in [0.15, 0.2) is 0 Å². The third-order valence-corrected chi connectivity index (χ3v) is 3.87. The van der Waals surface area contributed by atoms with Gasteiger partial charge in [0.05, 0.1) is 0 Å². The Labute approximate surface area is 94.7 Å². The molecule has 74 valence electrons. The van der Waals surface area contributed by atoms with Gasteiger partial charge >= 0.3 is 0 Å². The molecule has 0 aromatic carbocycles. The van der Waals surface area contributed by atoms with E-state index in [-0.39, 0.29) is 21.2 Å². The number of halogens is 2. The molecule has 1 fully saturated rings. The van der Waals surface area contributed by atoms with E-state index in [0.717, 1.165) is 19.3 Å². The van der Waals surface area contributed by atoms with Crippen molar-refractivity contribution in [1.82, 2.24) is 0 Å². The number of carbonyl (C=O) groups is 2. The summed E-state index contributed by atoms with van der Waals surface area (Å²) in [5.74, 6) is 0.299. The van der Waals surface area contributed by atoms with Gasteiger partial charge in [-0.2, -0.15) is 0 Å². The highest BCUT2D eigenvalue weighted by Crippen LogP contribution is 2.36. The highest BCUT2D eigenvalue weighted by Gasteiger charge is 2.35. The summed E-state index contributed by atoms with van der Waals surface area (Å²) < 4.78 is -0.0611. The molecule has 4 heteroatoms. The second-order valence-corrected chi connectivity index (χ2v) is 5.30. The largest absolute Gasteiger partial charge is 0.286 e. The van der Waals surface area contributed by atoms with Gasteiger partial charge in [-0.05, 0) is 57.0 Å². The van der Waals surface area contributed by atoms with E-state index < -0.39 is 0 Å². The van der Waals surface area contributed by atoms with Crippen molar-refractivity contribution in [2.45, 2.75) is 26.2 Å². The van der Waals surface area contributed by atoms with Gasteiger partial charge < -0.3 is 0 Å². The van der Waals surface area contributed by atoms with Crippen molar-refractivity contribution in [2.24, 2.45) is 17.8 Å². The topological polar surface area (TPSA) is 34.1 Å². The molecular weight excluding hydrogens is 300 g/mol. The second kappa shape index (κ2) is 4.69. The number of carbonyl (C=O) groups excluding carboxylic acids is 2. The van der Waals surface area contributed by atoms with Crippen molar-refractivity contribution in [3.8, 4) is 0 Å². The van der Waals surface area contributed by atoms with Crippen molar-refractivity contribution < 1.29 is 9.59 Å². The molecule has 1 aliphatic rings. The van der Waals surface area contributed by atoms with Crippen molar-refractivity contribution >= 4 is 41.2 Å². The van der Waals surface area contributed by atoms with Crippen LogP contribution in [-0.4, -0.2) is 9.39 Å². The lowest BCUT2D eigenvalue weighted by atomic mass is 9.76. The van der Waals surface area contributed by atoms with Crippen molar-refractivity contribution in [1.29, 1.82) is 0 Å². The van der Waals surface area contributed by atoms with E-state index in [1.54, 1.807) is 0 Å². The minimum atomic E-state index is -0.129. The van der Waals surface area contributed by atoms with E-state index in [0.29, 0.717) is 5.92 Å². The van der Waals surface area contributed by atoms with Gasteiger partial charge in [-0.3, -0.25) is 9.59 Å². The highest BCUT2D eigenvalue weighted by molar-refractivity contribution is 9.18. The molecule has 0 aromatic rings. The van der Waals surface area contributed by atoms with Gasteiger partial charge in [0, 0.05) is 11.8 Å². The molecule has 0 aliphatic heterocycles. The summed E-state index contributed by atoms with van der Waals surface area (Å²) in [6.07, 6.45) is 2.69. The Kier molecular flexibility index (Phi) is 4.10. The summed E-state index contributed by atoms with van der Waals surface area (Å²) in [6.45, 7) is 2.12. The SMILES string of the molecule is CC1CCC(C(=O)Br)C(C(=O)Br)C1. The molecule has 1 saturated carbocycles. The molecule has 3 atom stereocenters. The van der Waals surface area contributed by atoms with Crippen LogP contribution in [0.2, 0.25) is 0 Å². The number of hydrogen-bond acceptors (Lipinski definition) is 2.